The maximum Gasteiger partial charge on any atom is 0.223 e. The summed E-state index contributed by atoms with van der Waals surface area (Å²) >= 11 is 4.36. The molecule has 3 nitrogen and oxygen atoms in total. The molecule has 1 aliphatic heterocycles. The van der Waals surface area contributed by atoms with Crippen LogP contribution in [0.1, 0.15) is 26.2 Å². The zero-order chi connectivity index (χ0) is 11.8. The highest BCUT2D eigenvalue weighted by Crippen LogP contribution is 2.49. The van der Waals surface area contributed by atoms with E-state index in [-0.39, 0.29) is 5.41 Å². The van der Waals surface area contributed by atoms with E-state index in [9.17, 15) is 4.79 Å². The summed E-state index contributed by atoms with van der Waals surface area (Å²) in [5, 5.41) is 0. The van der Waals surface area contributed by atoms with Gasteiger partial charge in [-0.15, -0.1) is 0 Å². The predicted octanol–water partition coefficient (Wildman–Crippen LogP) is 1.25. The van der Waals surface area contributed by atoms with Gasteiger partial charge in [0.2, 0.25) is 5.91 Å². The monoisotopic (exact) mass is 242 g/mol. The Balaban J connectivity index is 1.89. The van der Waals surface area contributed by atoms with Gasteiger partial charge in [0.25, 0.3) is 0 Å². The number of likely N-dealkylation sites (N-methyl/N-ethyl adjacent to an activating group) is 1. The minimum atomic E-state index is 0.253. The van der Waals surface area contributed by atoms with Crippen LogP contribution >= 0.6 is 12.6 Å². The third kappa shape index (κ3) is 2.54. The fourth-order valence-electron chi connectivity index (χ4n) is 2.50. The Morgan fingerprint density at radius 2 is 2.12 bits per heavy atom. The van der Waals surface area contributed by atoms with E-state index in [0.717, 1.165) is 25.4 Å². The summed E-state index contributed by atoms with van der Waals surface area (Å²) < 4.78 is 0. The zero-order valence-electron chi connectivity index (χ0n) is 10.3. The van der Waals surface area contributed by atoms with E-state index in [4.69, 9.17) is 0 Å². The van der Waals surface area contributed by atoms with E-state index in [0.29, 0.717) is 18.4 Å². The number of carbonyl (C=O) groups is 1. The molecule has 1 unspecified atom stereocenters. The Labute approximate surface area is 104 Å². The molecule has 2 rings (SSSR count). The molecule has 1 aliphatic carbocycles. The first-order valence-corrected chi connectivity index (χ1v) is 6.78. The van der Waals surface area contributed by atoms with Crippen molar-refractivity contribution in [2.45, 2.75) is 32.2 Å². The van der Waals surface area contributed by atoms with Crippen LogP contribution in [0, 0.1) is 5.41 Å². The highest BCUT2D eigenvalue weighted by molar-refractivity contribution is 7.80. The number of piperazine rings is 1. The summed E-state index contributed by atoms with van der Waals surface area (Å²) in [7, 11) is 2.12. The van der Waals surface area contributed by atoms with Gasteiger partial charge in [-0.2, -0.15) is 12.6 Å². The molecule has 0 N–H and O–H groups in total. The van der Waals surface area contributed by atoms with Gasteiger partial charge < -0.3 is 9.80 Å². The lowest BCUT2D eigenvalue weighted by molar-refractivity contribution is -0.136. The maximum absolute atomic E-state index is 12.2. The van der Waals surface area contributed by atoms with Gasteiger partial charge in [-0.05, 0) is 38.0 Å². The maximum atomic E-state index is 12.2. The third-order valence-corrected chi connectivity index (χ3v) is 4.64. The summed E-state index contributed by atoms with van der Waals surface area (Å²) in [5.74, 6) is 1.20. The number of hydrogen-bond donors (Lipinski definition) is 1. The van der Waals surface area contributed by atoms with Crippen LogP contribution in [0.5, 0.6) is 0 Å². The van der Waals surface area contributed by atoms with Crippen molar-refractivity contribution < 1.29 is 4.79 Å². The van der Waals surface area contributed by atoms with Gasteiger partial charge in [-0.25, -0.2) is 0 Å². The zero-order valence-corrected chi connectivity index (χ0v) is 11.2. The Bertz CT molecular complexity index is 278. The molecule has 92 valence electrons. The number of carbonyl (C=O) groups excluding carboxylic acids is 1. The molecule has 16 heavy (non-hydrogen) atoms. The average Bonchev–Trinajstić information content (AvgIpc) is 2.98. The number of thiol groups is 1. The lowest BCUT2D eigenvalue weighted by atomic mass is 10.0. The number of rotatable bonds is 3. The summed E-state index contributed by atoms with van der Waals surface area (Å²) in [6, 6.07) is 0.363. The molecule has 0 spiro atoms. The summed E-state index contributed by atoms with van der Waals surface area (Å²) in [5.41, 5.74) is 0.253. The first kappa shape index (κ1) is 12.2. The number of amides is 1. The van der Waals surface area contributed by atoms with E-state index in [2.05, 4.69) is 36.4 Å². The smallest absolute Gasteiger partial charge is 0.223 e. The van der Waals surface area contributed by atoms with E-state index in [1.807, 2.05) is 0 Å². The van der Waals surface area contributed by atoms with Crippen molar-refractivity contribution in [3.63, 3.8) is 0 Å². The normalized spacial score (nSPS) is 29.2. The lowest BCUT2D eigenvalue weighted by Gasteiger charge is -2.38. The van der Waals surface area contributed by atoms with Crippen LogP contribution in [0.2, 0.25) is 0 Å². The van der Waals surface area contributed by atoms with Gasteiger partial charge in [0.15, 0.2) is 0 Å². The summed E-state index contributed by atoms with van der Waals surface area (Å²) in [6.45, 7) is 5.04. The molecule has 0 radical (unpaired) electrons. The van der Waals surface area contributed by atoms with Crippen LogP contribution in [0.4, 0.5) is 0 Å². The first-order chi connectivity index (χ1) is 7.56. The van der Waals surface area contributed by atoms with Gasteiger partial charge in [0, 0.05) is 32.1 Å². The van der Waals surface area contributed by atoms with Gasteiger partial charge in [0.1, 0.15) is 0 Å². The second kappa shape index (κ2) is 4.57. The molecule has 1 amide bonds. The van der Waals surface area contributed by atoms with Crippen molar-refractivity contribution in [3.05, 3.63) is 0 Å². The molecule has 1 saturated heterocycles. The molecule has 0 bridgehead atoms. The van der Waals surface area contributed by atoms with Crippen molar-refractivity contribution in [3.8, 4) is 0 Å². The van der Waals surface area contributed by atoms with Crippen LogP contribution in [0.3, 0.4) is 0 Å². The molecular weight excluding hydrogens is 220 g/mol. The SMILES string of the molecule is CC1CN(C)CCN1C(=O)CC1(CS)CC1. The molecule has 1 saturated carbocycles. The standard InChI is InChI=1S/C12H22N2OS/c1-10-8-13(2)5-6-14(10)11(15)7-12(9-16)3-4-12/h10,16H,3-9H2,1-2H3. The number of hydrogen-bond acceptors (Lipinski definition) is 3. The van der Waals surface area contributed by atoms with Crippen LogP contribution in [-0.2, 0) is 4.79 Å². The Morgan fingerprint density at radius 1 is 1.44 bits per heavy atom. The Morgan fingerprint density at radius 3 is 2.62 bits per heavy atom. The summed E-state index contributed by atoms with van der Waals surface area (Å²) in [6.07, 6.45) is 3.08. The highest BCUT2D eigenvalue weighted by atomic mass is 32.1. The van der Waals surface area contributed by atoms with Crippen molar-refractivity contribution in [2.75, 3.05) is 32.4 Å². The molecule has 0 aromatic carbocycles. The lowest BCUT2D eigenvalue weighted by Crippen LogP contribution is -2.53. The molecule has 0 aromatic rings. The molecule has 2 aliphatic rings. The van der Waals surface area contributed by atoms with Crippen molar-refractivity contribution in [1.29, 1.82) is 0 Å². The molecular formula is C12H22N2OS. The molecule has 1 atom stereocenters. The second-order valence-electron chi connectivity index (χ2n) is 5.53. The van der Waals surface area contributed by atoms with Gasteiger partial charge in [-0.1, -0.05) is 0 Å². The molecule has 0 aromatic heterocycles. The fourth-order valence-corrected chi connectivity index (χ4v) is 2.93. The van der Waals surface area contributed by atoms with Crippen LogP contribution in [0.25, 0.3) is 0 Å². The van der Waals surface area contributed by atoms with Gasteiger partial charge in [0.05, 0.1) is 0 Å². The first-order valence-electron chi connectivity index (χ1n) is 6.15. The van der Waals surface area contributed by atoms with E-state index in [1.165, 1.54) is 12.8 Å². The van der Waals surface area contributed by atoms with E-state index >= 15 is 0 Å². The molecule has 4 heteroatoms. The second-order valence-corrected chi connectivity index (χ2v) is 5.85. The van der Waals surface area contributed by atoms with Crippen LogP contribution < -0.4 is 0 Å². The van der Waals surface area contributed by atoms with Crippen molar-refractivity contribution in [1.82, 2.24) is 9.80 Å². The predicted molar refractivity (Wildman–Crippen MR) is 68.8 cm³/mol. The minimum Gasteiger partial charge on any atom is -0.337 e. The van der Waals surface area contributed by atoms with E-state index in [1.54, 1.807) is 0 Å². The van der Waals surface area contributed by atoms with Gasteiger partial charge in [-0.3, -0.25) is 4.79 Å². The Hall–Kier alpha value is -0.220. The highest BCUT2D eigenvalue weighted by Gasteiger charge is 2.44. The van der Waals surface area contributed by atoms with Crippen LogP contribution in [0.15, 0.2) is 0 Å². The third-order valence-electron chi connectivity index (χ3n) is 3.97. The van der Waals surface area contributed by atoms with E-state index < -0.39 is 0 Å². The topological polar surface area (TPSA) is 23.6 Å². The average molecular weight is 242 g/mol. The van der Waals surface area contributed by atoms with Gasteiger partial charge >= 0.3 is 0 Å². The van der Waals surface area contributed by atoms with Crippen LogP contribution in [-0.4, -0.2) is 54.2 Å². The van der Waals surface area contributed by atoms with Crippen molar-refractivity contribution >= 4 is 18.5 Å². The Kier molecular flexibility index (Phi) is 3.50. The summed E-state index contributed by atoms with van der Waals surface area (Å²) in [4.78, 5) is 16.6. The fraction of sp³-hybridized carbons (Fsp3) is 0.917. The van der Waals surface area contributed by atoms with Crippen molar-refractivity contribution in [2.24, 2.45) is 5.41 Å². The molecule has 1 heterocycles. The molecule has 2 fully saturated rings. The number of nitrogens with zero attached hydrogens (tertiary/aromatic N) is 2. The largest absolute Gasteiger partial charge is 0.337 e. The minimum absolute atomic E-state index is 0.253. The quantitative estimate of drug-likeness (QED) is 0.753.